The first-order valence-corrected chi connectivity index (χ1v) is 4.18. The van der Waals surface area contributed by atoms with Crippen LogP contribution in [-0.2, 0) is 0 Å². The molecule has 1 heterocycles. The maximum atomic E-state index is 5.69. The van der Waals surface area contributed by atoms with E-state index in [0.717, 1.165) is 17.2 Å². The molecule has 0 unspecified atom stereocenters. The van der Waals surface area contributed by atoms with Crippen molar-refractivity contribution in [3.05, 3.63) is 35.3 Å². The molecular weight excluding hydrogens is 164 g/mol. The molecule has 1 aromatic carbocycles. The second-order valence-corrected chi connectivity index (χ2v) is 3.20. The highest BCUT2D eigenvalue weighted by molar-refractivity contribution is 5.63. The van der Waals surface area contributed by atoms with Crippen LogP contribution < -0.4 is 15.8 Å². The molecule has 3 nitrogen and oxygen atoms in total. The molecule has 0 radical (unpaired) electrons. The molecule has 68 valence electrons. The van der Waals surface area contributed by atoms with Crippen molar-refractivity contribution in [1.29, 1.82) is 0 Å². The van der Waals surface area contributed by atoms with Gasteiger partial charge in [0, 0.05) is 0 Å². The Morgan fingerprint density at radius 1 is 1.31 bits per heavy atom. The van der Waals surface area contributed by atoms with Crippen LogP contribution in [0, 0.1) is 6.92 Å². The molecule has 0 aliphatic carbocycles. The van der Waals surface area contributed by atoms with Crippen LogP contribution in [0.2, 0.25) is 0 Å². The van der Waals surface area contributed by atoms with Crippen LogP contribution in [0.4, 0.5) is 5.69 Å². The number of rotatable bonds is 0. The lowest BCUT2D eigenvalue weighted by atomic mass is 10.2. The monoisotopic (exact) mass is 176 g/mol. The van der Waals surface area contributed by atoms with Crippen molar-refractivity contribution in [2.75, 3.05) is 5.32 Å². The molecule has 3 N–H and O–H groups in total. The lowest BCUT2D eigenvalue weighted by Crippen LogP contribution is -2.18. The number of benzene rings is 1. The molecule has 0 amide bonds. The first-order valence-electron chi connectivity index (χ1n) is 4.18. The summed E-state index contributed by atoms with van der Waals surface area (Å²) in [5.41, 5.74) is 7.80. The number of anilines is 1. The molecule has 0 spiro atoms. The van der Waals surface area contributed by atoms with Gasteiger partial charge in [0.2, 0.25) is 0 Å². The van der Waals surface area contributed by atoms with Crippen molar-refractivity contribution in [3.8, 4) is 5.75 Å². The van der Waals surface area contributed by atoms with Crippen molar-refractivity contribution in [2.24, 2.45) is 5.73 Å². The van der Waals surface area contributed by atoms with Crippen LogP contribution in [-0.4, -0.2) is 0 Å². The van der Waals surface area contributed by atoms with Crippen molar-refractivity contribution in [2.45, 2.75) is 13.8 Å². The summed E-state index contributed by atoms with van der Waals surface area (Å²) in [4.78, 5) is 0. The van der Waals surface area contributed by atoms with Crippen molar-refractivity contribution < 1.29 is 4.74 Å². The largest absolute Gasteiger partial charge is 0.456 e. The predicted molar refractivity (Wildman–Crippen MR) is 52.3 cm³/mol. The summed E-state index contributed by atoms with van der Waals surface area (Å²) in [7, 11) is 0. The van der Waals surface area contributed by atoms with E-state index in [9.17, 15) is 0 Å². The zero-order valence-corrected chi connectivity index (χ0v) is 7.72. The summed E-state index contributed by atoms with van der Waals surface area (Å²) in [5, 5.41) is 3.08. The van der Waals surface area contributed by atoms with Crippen molar-refractivity contribution in [3.63, 3.8) is 0 Å². The first-order chi connectivity index (χ1) is 6.16. The van der Waals surface area contributed by atoms with Crippen LogP contribution in [0.5, 0.6) is 5.75 Å². The third-order valence-corrected chi connectivity index (χ3v) is 2.05. The zero-order valence-electron chi connectivity index (χ0n) is 7.72. The summed E-state index contributed by atoms with van der Waals surface area (Å²) in [6, 6.07) is 5.96. The van der Waals surface area contributed by atoms with Gasteiger partial charge in [0.25, 0.3) is 0 Å². The Labute approximate surface area is 77.2 Å². The Bertz CT molecular complexity index is 383. The van der Waals surface area contributed by atoms with E-state index in [1.165, 1.54) is 5.56 Å². The quantitative estimate of drug-likeness (QED) is 0.635. The van der Waals surface area contributed by atoms with E-state index < -0.39 is 0 Å². The van der Waals surface area contributed by atoms with E-state index >= 15 is 0 Å². The minimum Gasteiger partial charge on any atom is -0.456 e. The van der Waals surface area contributed by atoms with Gasteiger partial charge in [0.05, 0.1) is 5.69 Å². The highest BCUT2D eigenvalue weighted by atomic mass is 16.5. The fourth-order valence-electron chi connectivity index (χ4n) is 1.28. The second-order valence-electron chi connectivity index (χ2n) is 3.20. The lowest BCUT2D eigenvalue weighted by Gasteiger charge is -2.20. The number of nitrogens with one attached hydrogen (secondary N) is 1. The molecule has 1 aliphatic heterocycles. The molecule has 0 fully saturated rings. The topological polar surface area (TPSA) is 47.3 Å². The standard InChI is InChI=1S/C10H12N2O/c1-6-3-4-9-8(5-6)12-10(11)7(2)13-9/h3-5,12H,11H2,1-2H3. The fraction of sp³-hybridized carbons (Fsp3) is 0.200. The minimum absolute atomic E-state index is 0.582. The van der Waals surface area contributed by atoms with E-state index in [2.05, 4.69) is 5.32 Å². The van der Waals surface area contributed by atoms with Gasteiger partial charge in [-0.05, 0) is 31.5 Å². The van der Waals surface area contributed by atoms with Gasteiger partial charge in [0.1, 0.15) is 11.6 Å². The summed E-state index contributed by atoms with van der Waals surface area (Å²) in [5.74, 6) is 2.13. The van der Waals surface area contributed by atoms with Gasteiger partial charge in [0.15, 0.2) is 5.75 Å². The van der Waals surface area contributed by atoms with Gasteiger partial charge >= 0.3 is 0 Å². The fourth-order valence-corrected chi connectivity index (χ4v) is 1.28. The van der Waals surface area contributed by atoms with Gasteiger partial charge in [-0.15, -0.1) is 0 Å². The molecule has 0 bridgehead atoms. The highest BCUT2D eigenvalue weighted by Gasteiger charge is 2.13. The first kappa shape index (κ1) is 7.98. The number of hydrogen-bond acceptors (Lipinski definition) is 3. The molecule has 1 aromatic rings. The molecule has 13 heavy (non-hydrogen) atoms. The van der Waals surface area contributed by atoms with Crippen molar-refractivity contribution >= 4 is 5.69 Å². The van der Waals surface area contributed by atoms with Gasteiger partial charge in [-0.25, -0.2) is 0 Å². The molecular formula is C10H12N2O. The van der Waals surface area contributed by atoms with Gasteiger partial charge < -0.3 is 15.8 Å². The second kappa shape index (κ2) is 2.69. The Kier molecular flexibility index (Phi) is 1.65. The van der Waals surface area contributed by atoms with E-state index in [1.807, 2.05) is 32.0 Å². The maximum absolute atomic E-state index is 5.69. The lowest BCUT2D eigenvalue weighted by molar-refractivity contribution is 0.415. The normalized spacial score (nSPS) is 14.6. The minimum atomic E-state index is 0.582. The van der Waals surface area contributed by atoms with Gasteiger partial charge in [-0.3, -0.25) is 0 Å². The van der Waals surface area contributed by atoms with Crippen LogP contribution >= 0.6 is 0 Å². The van der Waals surface area contributed by atoms with E-state index in [1.54, 1.807) is 0 Å². The zero-order chi connectivity index (χ0) is 9.42. The average Bonchev–Trinajstić information content (AvgIpc) is 2.08. The third-order valence-electron chi connectivity index (χ3n) is 2.05. The summed E-state index contributed by atoms with van der Waals surface area (Å²) in [6.45, 7) is 3.87. The number of allylic oxidation sites excluding steroid dienone is 1. The van der Waals surface area contributed by atoms with Crippen LogP contribution in [0.15, 0.2) is 29.8 Å². The Balaban J connectivity index is 2.44. The SMILES string of the molecule is CC1=C(N)Nc2cc(C)ccc2O1. The maximum Gasteiger partial charge on any atom is 0.150 e. The Morgan fingerprint density at radius 2 is 2.08 bits per heavy atom. The smallest absolute Gasteiger partial charge is 0.150 e. The number of nitrogens with two attached hydrogens (primary N) is 1. The number of aryl methyl sites for hydroxylation is 1. The van der Waals surface area contributed by atoms with Crippen molar-refractivity contribution in [1.82, 2.24) is 0 Å². The molecule has 2 rings (SSSR count). The number of fused-ring (bicyclic) bond motifs is 1. The molecule has 0 saturated heterocycles. The highest BCUT2D eigenvalue weighted by Crippen LogP contribution is 2.31. The summed E-state index contributed by atoms with van der Waals surface area (Å²) >= 11 is 0. The number of ether oxygens (including phenoxy) is 1. The van der Waals surface area contributed by atoms with Crippen LogP contribution in [0.1, 0.15) is 12.5 Å². The molecule has 1 aliphatic rings. The molecule has 3 heteroatoms. The van der Waals surface area contributed by atoms with E-state index in [0.29, 0.717) is 5.82 Å². The molecule has 0 atom stereocenters. The van der Waals surface area contributed by atoms with E-state index in [-0.39, 0.29) is 0 Å². The van der Waals surface area contributed by atoms with Crippen LogP contribution in [0.3, 0.4) is 0 Å². The Hall–Kier alpha value is -1.64. The number of hydrogen-bond donors (Lipinski definition) is 2. The summed E-state index contributed by atoms with van der Waals surface area (Å²) in [6.07, 6.45) is 0. The van der Waals surface area contributed by atoms with Crippen LogP contribution in [0.25, 0.3) is 0 Å². The average molecular weight is 176 g/mol. The summed E-state index contributed by atoms with van der Waals surface area (Å²) < 4.78 is 5.49. The van der Waals surface area contributed by atoms with E-state index in [4.69, 9.17) is 10.5 Å². The van der Waals surface area contributed by atoms with Gasteiger partial charge in [-0.1, -0.05) is 6.07 Å². The van der Waals surface area contributed by atoms with Gasteiger partial charge in [-0.2, -0.15) is 0 Å². The predicted octanol–water partition coefficient (Wildman–Crippen LogP) is 1.95. The molecule has 0 aromatic heterocycles. The third kappa shape index (κ3) is 1.33. The Morgan fingerprint density at radius 3 is 2.85 bits per heavy atom. The molecule has 0 saturated carbocycles.